The van der Waals surface area contributed by atoms with E-state index in [-0.39, 0.29) is 18.0 Å². The smallest absolute Gasteiger partial charge is 0.333 e. The van der Waals surface area contributed by atoms with Crippen LogP contribution in [-0.2, 0) is 23.9 Å². The number of rotatable bonds is 11. The molecule has 0 radical (unpaired) electrons. The van der Waals surface area contributed by atoms with Crippen LogP contribution >= 0.6 is 0 Å². The van der Waals surface area contributed by atoms with Crippen molar-refractivity contribution in [3.8, 4) is 0 Å². The van der Waals surface area contributed by atoms with Gasteiger partial charge < -0.3 is 14.6 Å². The number of hydrogen-bond acceptors (Lipinski definition) is 5. The zero-order valence-corrected chi connectivity index (χ0v) is 15.5. The average Bonchev–Trinajstić information content (AvgIpc) is 2.56. The fourth-order valence-electron chi connectivity index (χ4n) is 1.59. The van der Waals surface area contributed by atoms with Gasteiger partial charge in [0.25, 0.3) is 0 Å². The molecule has 0 spiro atoms. The normalized spacial score (nSPS) is 9.92. The largest absolute Gasteiger partial charge is 0.478 e. The molecular formula is C19H30O6. The quantitative estimate of drug-likeness (QED) is 0.346. The molecule has 0 aromatic carbocycles. The molecule has 6 nitrogen and oxygen atoms in total. The van der Waals surface area contributed by atoms with E-state index in [2.05, 4.69) is 31.7 Å². The highest BCUT2D eigenvalue weighted by Gasteiger charge is 2.03. The molecule has 0 saturated carbocycles. The first-order valence-electron chi connectivity index (χ1n) is 8.19. The maximum Gasteiger partial charge on any atom is 0.333 e. The average molecular weight is 354 g/mol. The van der Waals surface area contributed by atoms with Crippen LogP contribution in [0.2, 0.25) is 0 Å². The summed E-state index contributed by atoms with van der Waals surface area (Å²) in [6.07, 6.45) is 8.27. The van der Waals surface area contributed by atoms with Crippen molar-refractivity contribution in [3.05, 3.63) is 37.0 Å². The van der Waals surface area contributed by atoms with Crippen molar-refractivity contribution >= 4 is 17.9 Å². The van der Waals surface area contributed by atoms with Crippen molar-refractivity contribution in [2.75, 3.05) is 13.7 Å². The Bertz CT molecular complexity index is 463. The van der Waals surface area contributed by atoms with Gasteiger partial charge in [-0.1, -0.05) is 52.3 Å². The van der Waals surface area contributed by atoms with Crippen LogP contribution in [0.15, 0.2) is 37.0 Å². The predicted molar refractivity (Wildman–Crippen MR) is 97.0 cm³/mol. The molecule has 1 N–H and O–H groups in total. The summed E-state index contributed by atoms with van der Waals surface area (Å²) in [7, 11) is 1.24. The van der Waals surface area contributed by atoms with Crippen LogP contribution in [0.3, 0.4) is 0 Å². The lowest BCUT2D eigenvalue weighted by atomic mass is 10.1. The standard InChI is InChI=1S/C11H20O2.C8H10O4/c1-4-11(12)13-9-7-5-6-8-10(2)3;1-6(8(11)12-2)4-3-5-7(9)10/h4,10H,1,5-9H2,2-3H3;3,5H,1,4H2,2H3,(H,9,10). The molecule has 142 valence electrons. The van der Waals surface area contributed by atoms with E-state index in [4.69, 9.17) is 9.84 Å². The second-order valence-electron chi connectivity index (χ2n) is 5.65. The van der Waals surface area contributed by atoms with Gasteiger partial charge in [-0.2, -0.15) is 0 Å². The van der Waals surface area contributed by atoms with Gasteiger partial charge in [0.2, 0.25) is 0 Å². The first-order chi connectivity index (χ1) is 11.7. The Morgan fingerprint density at radius 1 is 1.16 bits per heavy atom. The van der Waals surface area contributed by atoms with E-state index in [1.54, 1.807) is 0 Å². The summed E-state index contributed by atoms with van der Waals surface area (Å²) >= 11 is 0. The molecule has 0 saturated heterocycles. The van der Waals surface area contributed by atoms with Crippen LogP contribution in [0.25, 0.3) is 0 Å². The molecular weight excluding hydrogens is 324 g/mol. The van der Waals surface area contributed by atoms with Crippen molar-refractivity contribution in [3.63, 3.8) is 0 Å². The SMILES string of the molecule is C=C(CC=CC(=O)O)C(=O)OC.C=CC(=O)OCCCCCC(C)C. The number of hydrogen-bond donors (Lipinski definition) is 1. The summed E-state index contributed by atoms with van der Waals surface area (Å²) in [6.45, 7) is 11.7. The van der Waals surface area contributed by atoms with E-state index >= 15 is 0 Å². The Balaban J connectivity index is 0. The molecule has 0 rings (SSSR count). The maximum atomic E-state index is 10.7. The molecule has 0 amide bonds. The minimum atomic E-state index is -1.05. The molecule has 0 fully saturated rings. The lowest BCUT2D eigenvalue weighted by Crippen LogP contribution is -2.02. The van der Waals surface area contributed by atoms with Crippen molar-refractivity contribution in [2.24, 2.45) is 5.92 Å². The zero-order chi connectivity index (χ0) is 19.7. The minimum Gasteiger partial charge on any atom is -0.478 e. The van der Waals surface area contributed by atoms with E-state index in [0.29, 0.717) is 6.61 Å². The Morgan fingerprint density at radius 3 is 2.28 bits per heavy atom. The number of methoxy groups -OCH3 is 1. The molecule has 0 aliphatic rings. The van der Waals surface area contributed by atoms with Gasteiger partial charge in [-0.15, -0.1) is 0 Å². The van der Waals surface area contributed by atoms with Gasteiger partial charge in [0.15, 0.2) is 0 Å². The molecule has 25 heavy (non-hydrogen) atoms. The lowest BCUT2D eigenvalue weighted by Gasteiger charge is -2.04. The molecule has 0 heterocycles. The molecule has 0 aliphatic carbocycles. The molecule has 0 atom stereocenters. The summed E-state index contributed by atoms with van der Waals surface area (Å²) in [5.74, 6) is -1.11. The number of carbonyl (C=O) groups is 3. The number of unbranched alkanes of at least 4 members (excludes halogenated alkanes) is 2. The van der Waals surface area contributed by atoms with Crippen LogP contribution in [0.1, 0.15) is 46.0 Å². The third kappa shape index (κ3) is 19.6. The fraction of sp³-hybridized carbons (Fsp3) is 0.526. The van der Waals surface area contributed by atoms with E-state index < -0.39 is 11.9 Å². The summed E-state index contributed by atoms with van der Waals surface area (Å²) in [4.78, 5) is 31.3. The van der Waals surface area contributed by atoms with Crippen LogP contribution in [0, 0.1) is 5.92 Å². The predicted octanol–water partition coefficient (Wildman–Crippen LogP) is 3.68. The van der Waals surface area contributed by atoms with E-state index in [0.717, 1.165) is 24.8 Å². The van der Waals surface area contributed by atoms with Gasteiger partial charge in [-0.05, 0) is 18.8 Å². The summed E-state index contributed by atoms with van der Waals surface area (Å²) < 4.78 is 9.19. The Kier molecular flexibility index (Phi) is 16.4. The van der Waals surface area contributed by atoms with Crippen LogP contribution < -0.4 is 0 Å². The maximum absolute atomic E-state index is 10.7. The molecule has 0 aromatic rings. The van der Waals surface area contributed by atoms with Crippen LogP contribution in [-0.4, -0.2) is 36.7 Å². The number of carboxylic acids is 1. The lowest BCUT2D eigenvalue weighted by molar-refractivity contribution is -0.138. The molecule has 0 unspecified atom stereocenters. The number of carboxylic acid groups (broad SMARTS) is 1. The topological polar surface area (TPSA) is 89.9 Å². The monoisotopic (exact) mass is 354 g/mol. The second kappa shape index (κ2) is 16.5. The third-order valence-corrected chi connectivity index (χ3v) is 2.94. The first-order valence-corrected chi connectivity index (χ1v) is 8.19. The van der Waals surface area contributed by atoms with Gasteiger partial charge in [-0.25, -0.2) is 14.4 Å². The Labute approximate surface area is 150 Å². The fourth-order valence-corrected chi connectivity index (χ4v) is 1.59. The van der Waals surface area contributed by atoms with Crippen molar-refractivity contribution in [1.82, 2.24) is 0 Å². The molecule has 0 bridgehead atoms. The summed E-state index contributed by atoms with van der Waals surface area (Å²) in [5, 5.41) is 8.19. The van der Waals surface area contributed by atoms with Crippen LogP contribution in [0.4, 0.5) is 0 Å². The van der Waals surface area contributed by atoms with Gasteiger partial charge in [0.05, 0.1) is 13.7 Å². The van der Waals surface area contributed by atoms with E-state index in [1.807, 2.05) is 0 Å². The number of aliphatic carboxylic acids is 1. The highest BCUT2D eigenvalue weighted by Crippen LogP contribution is 2.07. The number of carbonyl (C=O) groups excluding carboxylic acids is 2. The summed E-state index contributed by atoms with van der Waals surface area (Å²) in [5.41, 5.74) is 0.231. The highest BCUT2D eigenvalue weighted by atomic mass is 16.5. The Hall–Kier alpha value is -2.37. The van der Waals surface area contributed by atoms with Crippen molar-refractivity contribution in [1.29, 1.82) is 0 Å². The number of ether oxygens (including phenoxy) is 2. The Morgan fingerprint density at radius 2 is 1.80 bits per heavy atom. The molecule has 6 heteroatoms. The number of allylic oxidation sites excluding steroid dienone is 1. The molecule has 0 aliphatic heterocycles. The van der Waals surface area contributed by atoms with Gasteiger partial charge in [-0.3, -0.25) is 0 Å². The zero-order valence-electron chi connectivity index (χ0n) is 15.5. The van der Waals surface area contributed by atoms with Gasteiger partial charge in [0.1, 0.15) is 0 Å². The van der Waals surface area contributed by atoms with Gasteiger partial charge >= 0.3 is 17.9 Å². The highest BCUT2D eigenvalue weighted by molar-refractivity contribution is 5.88. The minimum absolute atomic E-state index is 0.193. The molecule has 0 aromatic heterocycles. The third-order valence-electron chi connectivity index (χ3n) is 2.94. The summed E-state index contributed by atoms with van der Waals surface area (Å²) in [6, 6.07) is 0. The van der Waals surface area contributed by atoms with E-state index in [9.17, 15) is 14.4 Å². The van der Waals surface area contributed by atoms with Crippen LogP contribution in [0.5, 0.6) is 0 Å². The second-order valence-corrected chi connectivity index (χ2v) is 5.65. The van der Waals surface area contributed by atoms with Gasteiger partial charge in [0, 0.05) is 17.7 Å². The van der Waals surface area contributed by atoms with Crippen molar-refractivity contribution in [2.45, 2.75) is 46.0 Å². The first kappa shape index (κ1) is 24.9. The number of esters is 2. The van der Waals surface area contributed by atoms with Crippen molar-refractivity contribution < 1.29 is 29.0 Å². The van der Waals surface area contributed by atoms with E-state index in [1.165, 1.54) is 32.1 Å².